The lowest BCUT2D eigenvalue weighted by Crippen LogP contribution is -2.21. The highest BCUT2D eigenvalue weighted by Gasteiger charge is 2.09. The lowest BCUT2D eigenvalue weighted by atomic mass is 10.0. The molecule has 1 aromatic rings. The van der Waals surface area contributed by atoms with Crippen LogP contribution in [0, 0.1) is 13.8 Å². The second-order valence-corrected chi connectivity index (χ2v) is 4.63. The van der Waals surface area contributed by atoms with Gasteiger partial charge in [-0.25, -0.2) is 0 Å². The van der Waals surface area contributed by atoms with Gasteiger partial charge in [-0.2, -0.15) is 0 Å². The Morgan fingerprint density at radius 3 is 2.50 bits per heavy atom. The summed E-state index contributed by atoms with van der Waals surface area (Å²) in [6, 6.07) is 4.13. The second kappa shape index (κ2) is 6.40. The topological polar surface area (TPSA) is 49.8 Å². The van der Waals surface area contributed by atoms with Gasteiger partial charge in [-0.15, -0.1) is 0 Å². The first-order valence-corrected chi connectivity index (χ1v) is 5.98. The van der Waals surface area contributed by atoms with Crippen molar-refractivity contribution in [3.8, 4) is 5.75 Å². The predicted molar refractivity (Wildman–Crippen MR) is 71.1 cm³/mol. The van der Waals surface area contributed by atoms with Gasteiger partial charge in [0.25, 0.3) is 0 Å². The molecule has 0 aliphatic heterocycles. The molecule has 4 heteroatoms. The van der Waals surface area contributed by atoms with Crippen molar-refractivity contribution in [1.82, 2.24) is 4.90 Å². The van der Waals surface area contributed by atoms with Gasteiger partial charge in [0.2, 0.25) is 0 Å². The Morgan fingerprint density at radius 2 is 1.94 bits per heavy atom. The molecule has 100 valence electrons. The second-order valence-electron chi connectivity index (χ2n) is 4.63. The van der Waals surface area contributed by atoms with Crippen molar-refractivity contribution in [1.29, 1.82) is 0 Å². The fourth-order valence-corrected chi connectivity index (χ4v) is 1.82. The molecule has 1 N–H and O–H groups in total. The lowest BCUT2D eigenvalue weighted by Gasteiger charge is -2.18. The van der Waals surface area contributed by atoms with Gasteiger partial charge < -0.3 is 14.7 Å². The van der Waals surface area contributed by atoms with E-state index in [4.69, 9.17) is 9.84 Å². The molecule has 0 unspecified atom stereocenters. The third kappa shape index (κ3) is 4.04. The van der Waals surface area contributed by atoms with Crippen molar-refractivity contribution < 1.29 is 14.6 Å². The number of aliphatic carboxylic acids is 1. The maximum atomic E-state index is 10.5. The summed E-state index contributed by atoms with van der Waals surface area (Å²) in [6.07, 6.45) is 0.156. The Kier molecular flexibility index (Phi) is 5.16. The van der Waals surface area contributed by atoms with Gasteiger partial charge in [-0.05, 0) is 38.1 Å². The normalized spacial score (nSPS) is 10.7. The first-order valence-electron chi connectivity index (χ1n) is 5.98. The molecule has 0 spiro atoms. The SMILES string of the molecule is COc1cc(C)c(C)cc1CN(C)CCC(=O)O. The zero-order valence-corrected chi connectivity index (χ0v) is 11.5. The van der Waals surface area contributed by atoms with Crippen LogP contribution < -0.4 is 4.74 Å². The van der Waals surface area contributed by atoms with Gasteiger partial charge in [0.1, 0.15) is 5.75 Å². The molecule has 0 atom stereocenters. The Hall–Kier alpha value is -1.55. The molecule has 0 saturated carbocycles. The van der Waals surface area contributed by atoms with Crippen molar-refractivity contribution in [2.75, 3.05) is 20.7 Å². The van der Waals surface area contributed by atoms with Crippen LogP contribution in [0.15, 0.2) is 12.1 Å². The zero-order chi connectivity index (χ0) is 13.7. The number of hydrogen-bond acceptors (Lipinski definition) is 3. The molecule has 0 radical (unpaired) electrons. The standard InChI is InChI=1S/C14H21NO3/c1-10-7-12(13(18-4)8-11(10)2)9-15(3)6-5-14(16)17/h7-8H,5-6,9H2,1-4H3,(H,16,17). The van der Waals surface area contributed by atoms with Crippen LogP contribution in [-0.4, -0.2) is 36.7 Å². The fraction of sp³-hybridized carbons (Fsp3) is 0.500. The Bertz CT molecular complexity index is 429. The maximum absolute atomic E-state index is 10.5. The minimum atomic E-state index is -0.770. The summed E-state index contributed by atoms with van der Waals surface area (Å²) in [6.45, 7) is 5.34. The molecule has 1 aromatic carbocycles. The lowest BCUT2D eigenvalue weighted by molar-refractivity contribution is -0.137. The molecule has 0 saturated heterocycles. The van der Waals surface area contributed by atoms with Crippen molar-refractivity contribution in [2.45, 2.75) is 26.8 Å². The van der Waals surface area contributed by atoms with Crippen molar-refractivity contribution in [2.24, 2.45) is 0 Å². The molecule has 0 amide bonds. The zero-order valence-electron chi connectivity index (χ0n) is 11.5. The number of aryl methyl sites for hydroxylation is 2. The van der Waals surface area contributed by atoms with Crippen molar-refractivity contribution in [3.05, 3.63) is 28.8 Å². The molecule has 0 aliphatic carbocycles. The molecule has 0 heterocycles. The molecule has 4 nitrogen and oxygen atoms in total. The number of methoxy groups -OCH3 is 1. The van der Waals surface area contributed by atoms with Crippen LogP contribution in [-0.2, 0) is 11.3 Å². The predicted octanol–water partition coefficient (Wildman–Crippen LogP) is 2.22. The smallest absolute Gasteiger partial charge is 0.304 e. The molecule has 18 heavy (non-hydrogen) atoms. The quantitative estimate of drug-likeness (QED) is 0.842. The van der Waals surface area contributed by atoms with Crippen molar-refractivity contribution in [3.63, 3.8) is 0 Å². The van der Waals surface area contributed by atoms with Crippen LogP contribution in [0.5, 0.6) is 5.75 Å². The molecule has 1 rings (SSSR count). The van der Waals surface area contributed by atoms with Gasteiger partial charge in [0.15, 0.2) is 0 Å². The summed E-state index contributed by atoms with van der Waals surface area (Å²) in [5.74, 6) is 0.0918. The van der Waals surface area contributed by atoms with Gasteiger partial charge in [0, 0.05) is 18.7 Å². The van der Waals surface area contributed by atoms with Gasteiger partial charge in [-0.3, -0.25) is 4.79 Å². The Balaban J connectivity index is 2.76. The minimum Gasteiger partial charge on any atom is -0.496 e. The maximum Gasteiger partial charge on any atom is 0.304 e. The molecule has 0 bridgehead atoms. The van der Waals surface area contributed by atoms with Crippen LogP contribution in [0.25, 0.3) is 0 Å². The van der Waals surface area contributed by atoms with E-state index >= 15 is 0 Å². The van der Waals surface area contributed by atoms with E-state index < -0.39 is 5.97 Å². The Morgan fingerprint density at radius 1 is 1.33 bits per heavy atom. The number of carboxylic acids is 1. The average Bonchev–Trinajstić information content (AvgIpc) is 2.31. The van der Waals surface area contributed by atoms with E-state index in [1.807, 2.05) is 18.0 Å². The molecular weight excluding hydrogens is 230 g/mol. The number of ether oxygens (including phenoxy) is 1. The number of carbonyl (C=O) groups is 1. The molecule has 0 fully saturated rings. The number of hydrogen-bond donors (Lipinski definition) is 1. The largest absolute Gasteiger partial charge is 0.496 e. The summed E-state index contributed by atoms with van der Waals surface area (Å²) in [4.78, 5) is 12.5. The number of carboxylic acid groups (broad SMARTS) is 1. The molecule has 0 aliphatic rings. The van der Waals surface area contributed by atoms with Gasteiger partial charge >= 0.3 is 5.97 Å². The van der Waals surface area contributed by atoms with E-state index in [9.17, 15) is 4.79 Å². The average molecular weight is 251 g/mol. The summed E-state index contributed by atoms with van der Waals surface area (Å²) < 4.78 is 5.36. The van der Waals surface area contributed by atoms with Crippen LogP contribution in [0.1, 0.15) is 23.1 Å². The molecule has 0 aromatic heterocycles. The van der Waals surface area contributed by atoms with E-state index in [-0.39, 0.29) is 6.42 Å². The highest BCUT2D eigenvalue weighted by Crippen LogP contribution is 2.24. The third-order valence-electron chi connectivity index (χ3n) is 3.04. The van der Waals surface area contributed by atoms with E-state index in [2.05, 4.69) is 19.9 Å². The Labute approximate surface area is 108 Å². The number of benzene rings is 1. The van der Waals surface area contributed by atoms with Crippen molar-refractivity contribution >= 4 is 5.97 Å². The fourth-order valence-electron chi connectivity index (χ4n) is 1.82. The highest BCUT2D eigenvalue weighted by atomic mass is 16.5. The third-order valence-corrected chi connectivity index (χ3v) is 3.04. The first kappa shape index (κ1) is 14.5. The van der Waals surface area contributed by atoms with Crippen LogP contribution in [0.2, 0.25) is 0 Å². The monoisotopic (exact) mass is 251 g/mol. The molecular formula is C14H21NO3. The number of rotatable bonds is 6. The van der Waals surface area contributed by atoms with Crippen LogP contribution >= 0.6 is 0 Å². The van der Waals surface area contributed by atoms with Crippen LogP contribution in [0.3, 0.4) is 0 Å². The van der Waals surface area contributed by atoms with E-state index in [1.54, 1.807) is 7.11 Å². The van der Waals surface area contributed by atoms with E-state index in [0.29, 0.717) is 13.1 Å². The van der Waals surface area contributed by atoms with E-state index in [1.165, 1.54) is 11.1 Å². The number of nitrogens with zero attached hydrogens (tertiary/aromatic N) is 1. The van der Waals surface area contributed by atoms with E-state index in [0.717, 1.165) is 11.3 Å². The minimum absolute atomic E-state index is 0.156. The summed E-state index contributed by atoms with van der Waals surface area (Å²) in [5, 5.41) is 8.66. The van der Waals surface area contributed by atoms with Gasteiger partial charge in [0.05, 0.1) is 13.5 Å². The summed E-state index contributed by atoms with van der Waals surface area (Å²) in [5.41, 5.74) is 3.51. The highest BCUT2D eigenvalue weighted by molar-refractivity contribution is 5.66. The summed E-state index contributed by atoms with van der Waals surface area (Å²) >= 11 is 0. The van der Waals surface area contributed by atoms with Crippen LogP contribution in [0.4, 0.5) is 0 Å². The first-order chi connectivity index (χ1) is 8.43. The summed E-state index contributed by atoms with van der Waals surface area (Å²) in [7, 11) is 3.57. The van der Waals surface area contributed by atoms with Gasteiger partial charge in [-0.1, -0.05) is 6.07 Å².